The molecule has 0 atom stereocenters. The van der Waals surface area contributed by atoms with Crippen LogP contribution in [0, 0.1) is 20.8 Å². The Kier molecular flexibility index (Phi) is 4.98. The van der Waals surface area contributed by atoms with Gasteiger partial charge in [0.2, 0.25) is 0 Å². The molecule has 0 bridgehead atoms. The summed E-state index contributed by atoms with van der Waals surface area (Å²) in [6, 6.07) is 11.2. The second kappa shape index (κ2) is 7.43. The van der Waals surface area contributed by atoms with Crippen LogP contribution in [0.15, 0.2) is 65.8 Å². The number of rotatable bonds is 5. The first kappa shape index (κ1) is 18.7. The minimum atomic E-state index is 0.935. The third-order valence-corrected chi connectivity index (χ3v) is 6.19. The topological polar surface area (TPSA) is 0 Å². The zero-order chi connectivity index (χ0) is 19.8. The predicted molar refractivity (Wildman–Crippen MR) is 123 cm³/mol. The first-order chi connectivity index (χ1) is 13.5. The molecule has 0 heteroatoms. The maximum absolute atomic E-state index is 4.46. The quantitative estimate of drug-likeness (QED) is 0.515. The van der Waals surface area contributed by atoms with Crippen LogP contribution in [-0.4, -0.2) is 0 Å². The van der Waals surface area contributed by atoms with Gasteiger partial charge in [0.15, 0.2) is 0 Å². The number of hydrogen-bond donors (Lipinski definition) is 0. The number of aryl methyl sites for hydroxylation is 4. The summed E-state index contributed by atoms with van der Waals surface area (Å²) < 4.78 is 0. The molecule has 4 rings (SSSR count). The summed E-state index contributed by atoms with van der Waals surface area (Å²) in [7, 11) is 0. The molecule has 0 radical (unpaired) electrons. The smallest absolute Gasteiger partial charge is 0.00135 e. The van der Waals surface area contributed by atoms with Crippen molar-refractivity contribution in [1.29, 1.82) is 0 Å². The predicted octanol–water partition coefficient (Wildman–Crippen LogP) is 7.47. The monoisotopic (exact) mass is 366 g/mol. The van der Waals surface area contributed by atoms with Gasteiger partial charge in [-0.1, -0.05) is 67.6 Å². The molecule has 142 valence electrons. The van der Waals surface area contributed by atoms with E-state index in [1.165, 1.54) is 61.2 Å². The maximum Gasteiger partial charge on any atom is -0.00135 e. The van der Waals surface area contributed by atoms with E-state index >= 15 is 0 Å². The standard InChI is InChI=1S/C28H30/c1-6-22-13-18(2)14-24-16-25(17-27(22)24)26-12-8-11-23(26)15-21(5)28-19(3)9-7-10-20(28)4/h7,9-14,17H,5-6,8,15-16H2,1-4H3. The third-order valence-electron chi connectivity index (χ3n) is 6.19. The Morgan fingerprint density at radius 2 is 1.79 bits per heavy atom. The average molecular weight is 367 g/mol. The highest BCUT2D eigenvalue weighted by molar-refractivity contribution is 5.77. The van der Waals surface area contributed by atoms with Crippen LogP contribution in [0.3, 0.4) is 0 Å². The fourth-order valence-corrected chi connectivity index (χ4v) is 4.94. The Hall–Kier alpha value is -2.60. The molecule has 0 N–H and O–H groups in total. The van der Waals surface area contributed by atoms with Crippen LogP contribution < -0.4 is 0 Å². The minimum absolute atomic E-state index is 0.935. The van der Waals surface area contributed by atoms with Crippen LogP contribution in [0.1, 0.15) is 58.7 Å². The fraction of sp³-hybridized carbons (Fsp3) is 0.286. The molecule has 2 aliphatic carbocycles. The summed E-state index contributed by atoms with van der Waals surface area (Å²) in [6.45, 7) is 13.3. The lowest BCUT2D eigenvalue weighted by atomic mass is 9.89. The summed E-state index contributed by atoms with van der Waals surface area (Å²) in [6.07, 6.45) is 11.4. The van der Waals surface area contributed by atoms with Crippen molar-refractivity contribution in [2.24, 2.45) is 0 Å². The highest BCUT2D eigenvalue weighted by Crippen LogP contribution is 2.40. The Labute approximate surface area is 170 Å². The van der Waals surface area contributed by atoms with E-state index in [2.05, 4.69) is 82.8 Å². The van der Waals surface area contributed by atoms with E-state index in [0.717, 1.165) is 25.7 Å². The second-order valence-corrected chi connectivity index (χ2v) is 8.33. The van der Waals surface area contributed by atoms with E-state index in [4.69, 9.17) is 0 Å². The third kappa shape index (κ3) is 3.33. The van der Waals surface area contributed by atoms with Crippen molar-refractivity contribution in [3.8, 4) is 0 Å². The molecule has 0 unspecified atom stereocenters. The van der Waals surface area contributed by atoms with E-state index in [-0.39, 0.29) is 0 Å². The lowest BCUT2D eigenvalue weighted by Crippen LogP contribution is -1.97. The number of fused-ring (bicyclic) bond motifs is 1. The van der Waals surface area contributed by atoms with Crippen molar-refractivity contribution in [2.75, 3.05) is 0 Å². The van der Waals surface area contributed by atoms with Crippen molar-refractivity contribution >= 4 is 11.6 Å². The van der Waals surface area contributed by atoms with Crippen molar-refractivity contribution in [1.82, 2.24) is 0 Å². The molecule has 0 heterocycles. The van der Waals surface area contributed by atoms with Crippen LogP contribution in [0.4, 0.5) is 0 Å². The van der Waals surface area contributed by atoms with Gasteiger partial charge in [0, 0.05) is 0 Å². The first-order valence-corrected chi connectivity index (χ1v) is 10.4. The van der Waals surface area contributed by atoms with Gasteiger partial charge >= 0.3 is 0 Å². The van der Waals surface area contributed by atoms with Crippen LogP contribution in [-0.2, 0) is 12.8 Å². The van der Waals surface area contributed by atoms with Crippen LogP contribution >= 0.6 is 0 Å². The number of benzene rings is 2. The van der Waals surface area contributed by atoms with Crippen molar-refractivity contribution in [3.05, 3.63) is 105 Å². The van der Waals surface area contributed by atoms with Gasteiger partial charge in [-0.2, -0.15) is 0 Å². The fourth-order valence-electron chi connectivity index (χ4n) is 4.94. The van der Waals surface area contributed by atoms with Gasteiger partial charge in [0.05, 0.1) is 0 Å². The molecule has 0 amide bonds. The van der Waals surface area contributed by atoms with Gasteiger partial charge in [0.25, 0.3) is 0 Å². The normalized spacial score (nSPS) is 15.2. The van der Waals surface area contributed by atoms with Crippen molar-refractivity contribution < 1.29 is 0 Å². The highest BCUT2D eigenvalue weighted by atomic mass is 14.3. The van der Waals surface area contributed by atoms with Crippen LogP contribution in [0.5, 0.6) is 0 Å². The molecule has 28 heavy (non-hydrogen) atoms. The Morgan fingerprint density at radius 3 is 2.50 bits per heavy atom. The number of hydrogen-bond acceptors (Lipinski definition) is 0. The molecule has 0 saturated heterocycles. The van der Waals surface area contributed by atoms with E-state index in [1.54, 1.807) is 0 Å². The maximum atomic E-state index is 4.46. The molecule has 2 aliphatic rings. The van der Waals surface area contributed by atoms with Crippen LogP contribution in [0.25, 0.3) is 11.6 Å². The summed E-state index contributed by atoms with van der Waals surface area (Å²) >= 11 is 0. The summed E-state index contributed by atoms with van der Waals surface area (Å²) in [5.74, 6) is 0. The summed E-state index contributed by atoms with van der Waals surface area (Å²) in [4.78, 5) is 0. The Morgan fingerprint density at radius 1 is 1.04 bits per heavy atom. The molecular weight excluding hydrogens is 336 g/mol. The van der Waals surface area contributed by atoms with E-state index in [0.29, 0.717) is 0 Å². The molecule has 2 aromatic carbocycles. The molecule has 0 fully saturated rings. The largest absolute Gasteiger partial charge is 0.0949 e. The van der Waals surface area contributed by atoms with Gasteiger partial charge in [0.1, 0.15) is 0 Å². The van der Waals surface area contributed by atoms with Crippen LogP contribution in [0.2, 0.25) is 0 Å². The van der Waals surface area contributed by atoms with Gasteiger partial charge < -0.3 is 0 Å². The van der Waals surface area contributed by atoms with Gasteiger partial charge in [-0.05, 0) is 102 Å². The lowest BCUT2D eigenvalue weighted by Gasteiger charge is -2.16. The Balaban J connectivity index is 1.59. The average Bonchev–Trinajstić information content (AvgIpc) is 3.27. The van der Waals surface area contributed by atoms with Gasteiger partial charge in [-0.25, -0.2) is 0 Å². The van der Waals surface area contributed by atoms with Gasteiger partial charge in [-0.3, -0.25) is 0 Å². The zero-order valence-corrected chi connectivity index (χ0v) is 17.7. The second-order valence-electron chi connectivity index (χ2n) is 8.33. The molecule has 0 nitrogen and oxygen atoms in total. The summed E-state index contributed by atoms with van der Waals surface area (Å²) in [5.41, 5.74) is 15.4. The van der Waals surface area contributed by atoms with Crippen molar-refractivity contribution in [2.45, 2.75) is 53.4 Å². The minimum Gasteiger partial charge on any atom is -0.0949 e. The molecule has 2 aromatic rings. The van der Waals surface area contributed by atoms with E-state index in [1.807, 2.05) is 0 Å². The van der Waals surface area contributed by atoms with E-state index < -0.39 is 0 Å². The Bertz CT molecular complexity index is 1030. The molecular formula is C28H30. The molecule has 0 aliphatic heterocycles. The van der Waals surface area contributed by atoms with E-state index in [9.17, 15) is 0 Å². The molecule has 0 aromatic heterocycles. The van der Waals surface area contributed by atoms with Crippen molar-refractivity contribution in [3.63, 3.8) is 0 Å². The van der Waals surface area contributed by atoms with Gasteiger partial charge in [-0.15, -0.1) is 0 Å². The lowest BCUT2D eigenvalue weighted by molar-refractivity contribution is 1.10. The highest BCUT2D eigenvalue weighted by Gasteiger charge is 2.22. The summed E-state index contributed by atoms with van der Waals surface area (Å²) in [5, 5.41) is 0. The zero-order valence-electron chi connectivity index (χ0n) is 17.7. The molecule has 0 saturated carbocycles. The number of allylic oxidation sites excluding steroid dienone is 6. The molecule has 0 spiro atoms. The first-order valence-electron chi connectivity index (χ1n) is 10.4. The SMILES string of the molecule is C=C(CC1=CCC=C1C1=Cc2c(CC)cc(C)cc2C1)c1c(C)cccc1C.